The van der Waals surface area contributed by atoms with Gasteiger partial charge in [0.05, 0.1) is 12.1 Å². The molecule has 1 saturated heterocycles. The van der Waals surface area contributed by atoms with Crippen molar-refractivity contribution >= 4 is 23.4 Å². The molecule has 2 aromatic carbocycles. The van der Waals surface area contributed by atoms with Gasteiger partial charge in [-0.2, -0.15) is 0 Å². The van der Waals surface area contributed by atoms with E-state index in [4.69, 9.17) is 4.74 Å². The number of anilines is 1. The van der Waals surface area contributed by atoms with Gasteiger partial charge in [0.25, 0.3) is 11.8 Å². The van der Waals surface area contributed by atoms with Gasteiger partial charge < -0.3 is 9.64 Å². The highest BCUT2D eigenvalue weighted by atomic mass is 19.1. The largest absolute Gasteiger partial charge is 0.484 e. The molecule has 1 heterocycles. The Bertz CT molecular complexity index is 942. The molecular formula is C24H25FN2O4. The number of carbonyl (C=O) groups excluding carboxylic acids is 3. The Morgan fingerprint density at radius 2 is 1.68 bits per heavy atom. The third kappa shape index (κ3) is 4.60. The van der Waals surface area contributed by atoms with Gasteiger partial charge in [0.15, 0.2) is 6.61 Å². The van der Waals surface area contributed by atoms with Crippen molar-refractivity contribution in [2.75, 3.05) is 11.5 Å². The summed E-state index contributed by atoms with van der Waals surface area (Å²) >= 11 is 0. The fourth-order valence-electron chi connectivity index (χ4n) is 4.42. The molecule has 1 aliphatic heterocycles. The van der Waals surface area contributed by atoms with Gasteiger partial charge in [-0.15, -0.1) is 0 Å². The maximum atomic E-state index is 13.3. The van der Waals surface area contributed by atoms with Gasteiger partial charge in [0, 0.05) is 6.04 Å². The van der Waals surface area contributed by atoms with Crippen molar-refractivity contribution < 1.29 is 23.5 Å². The summed E-state index contributed by atoms with van der Waals surface area (Å²) in [6.45, 7) is -0.199. The van der Waals surface area contributed by atoms with Crippen molar-refractivity contribution in [2.45, 2.75) is 50.6 Å². The predicted molar refractivity (Wildman–Crippen MR) is 113 cm³/mol. The number of ether oxygens (including phenoxy) is 1. The zero-order valence-corrected chi connectivity index (χ0v) is 17.2. The Morgan fingerprint density at radius 1 is 1.00 bits per heavy atom. The topological polar surface area (TPSA) is 66.9 Å². The summed E-state index contributed by atoms with van der Waals surface area (Å²) in [4.78, 5) is 41.8. The maximum Gasteiger partial charge on any atom is 0.261 e. The fourth-order valence-corrected chi connectivity index (χ4v) is 4.42. The first-order chi connectivity index (χ1) is 15.0. The van der Waals surface area contributed by atoms with E-state index in [2.05, 4.69) is 0 Å². The number of hydrogen-bond acceptors (Lipinski definition) is 4. The Morgan fingerprint density at radius 3 is 2.35 bits per heavy atom. The number of nitrogens with zero attached hydrogens (tertiary/aromatic N) is 2. The van der Waals surface area contributed by atoms with Crippen LogP contribution in [0.2, 0.25) is 0 Å². The normalized spacial score (nSPS) is 19.5. The van der Waals surface area contributed by atoms with E-state index in [0.29, 0.717) is 11.4 Å². The summed E-state index contributed by atoms with van der Waals surface area (Å²) in [5.41, 5.74) is 0.315. The van der Waals surface area contributed by atoms with E-state index >= 15 is 0 Å². The molecule has 3 amide bonds. The van der Waals surface area contributed by atoms with Crippen LogP contribution in [0, 0.1) is 5.82 Å². The first-order valence-electron chi connectivity index (χ1n) is 10.7. The lowest BCUT2D eigenvalue weighted by Crippen LogP contribution is -2.52. The number of rotatable bonds is 6. The molecule has 1 atom stereocenters. The van der Waals surface area contributed by atoms with Crippen LogP contribution in [0.3, 0.4) is 0 Å². The summed E-state index contributed by atoms with van der Waals surface area (Å²) in [5, 5.41) is 0. The summed E-state index contributed by atoms with van der Waals surface area (Å²) in [7, 11) is 0. The second-order valence-corrected chi connectivity index (χ2v) is 7.96. The summed E-state index contributed by atoms with van der Waals surface area (Å²) in [6, 6.07) is 13.3. The number of hydrogen-bond donors (Lipinski definition) is 0. The third-order valence-corrected chi connectivity index (χ3v) is 5.91. The molecule has 6 nitrogen and oxygen atoms in total. The number of carbonyl (C=O) groups is 3. The summed E-state index contributed by atoms with van der Waals surface area (Å²) in [6.07, 6.45) is 4.56. The quantitative estimate of drug-likeness (QED) is 0.664. The van der Waals surface area contributed by atoms with Crippen LogP contribution in [0.15, 0.2) is 54.6 Å². The average Bonchev–Trinajstić information content (AvgIpc) is 3.08. The smallest absolute Gasteiger partial charge is 0.261 e. The van der Waals surface area contributed by atoms with E-state index < -0.39 is 17.8 Å². The number of halogens is 1. The van der Waals surface area contributed by atoms with Gasteiger partial charge in [-0.3, -0.25) is 14.4 Å². The van der Waals surface area contributed by atoms with Gasteiger partial charge in [-0.25, -0.2) is 9.29 Å². The van der Waals surface area contributed by atoms with Crippen LogP contribution in [0.1, 0.15) is 38.5 Å². The molecule has 0 radical (unpaired) electrons. The number of benzene rings is 2. The van der Waals surface area contributed by atoms with E-state index in [9.17, 15) is 18.8 Å². The van der Waals surface area contributed by atoms with Gasteiger partial charge in [-0.05, 0) is 49.2 Å². The number of para-hydroxylation sites is 1. The predicted octanol–water partition coefficient (Wildman–Crippen LogP) is 3.70. The van der Waals surface area contributed by atoms with Crippen molar-refractivity contribution in [3.63, 3.8) is 0 Å². The first kappa shape index (κ1) is 21.0. The third-order valence-electron chi connectivity index (χ3n) is 5.91. The van der Waals surface area contributed by atoms with Crippen LogP contribution in [0.4, 0.5) is 10.1 Å². The highest BCUT2D eigenvalue weighted by Gasteiger charge is 2.46. The lowest BCUT2D eigenvalue weighted by atomic mass is 9.92. The van der Waals surface area contributed by atoms with Crippen molar-refractivity contribution in [1.29, 1.82) is 0 Å². The standard InChI is InChI=1S/C24H25FN2O4/c25-17-11-13-19(14-12-17)27-22(28)15-21(24(27)30)26(18-7-3-1-4-8-18)23(29)16-31-20-9-5-2-6-10-20/h2,5-6,9-14,18,21H,1,3-4,7-8,15-16H2. The van der Waals surface area contributed by atoms with Crippen LogP contribution < -0.4 is 9.64 Å². The molecule has 7 heteroatoms. The van der Waals surface area contributed by atoms with Gasteiger partial charge in [-0.1, -0.05) is 37.5 Å². The number of amides is 3. The maximum absolute atomic E-state index is 13.3. The molecule has 0 N–H and O–H groups in total. The SMILES string of the molecule is O=C1CC(N(C(=O)COc2ccccc2)C2CCCCC2)C(=O)N1c1ccc(F)cc1. The van der Waals surface area contributed by atoms with E-state index in [-0.39, 0.29) is 30.9 Å². The minimum Gasteiger partial charge on any atom is -0.484 e. The molecule has 2 fully saturated rings. The zero-order chi connectivity index (χ0) is 21.8. The molecule has 4 rings (SSSR count). The first-order valence-corrected chi connectivity index (χ1v) is 10.7. The Hall–Kier alpha value is -3.22. The monoisotopic (exact) mass is 424 g/mol. The van der Waals surface area contributed by atoms with Crippen LogP contribution in [-0.2, 0) is 14.4 Å². The molecule has 0 aromatic heterocycles. The number of imide groups is 1. The van der Waals surface area contributed by atoms with E-state index in [0.717, 1.165) is 37.0 Å². The molecule has 2 aliphatic rings. The Labute approximate surface area is 180 Å². The van der Waals surface area contributed by atoms with E-state index in [1.54, 1.807) is 17.0 Å². The molecule has 0 spiro atoms. The van der Waals surface area contributed by atoms with Crippen LogP contribution in [0.25, 0.3) is 0 Å². The van der Waals surface area contributed by atoms with Crippen molar-refractivity contribution in [3.05, 3.63) is 60.4 Å². The Balaban J connectivity index is 1.55. The van der Waals surface area contributed by atoms with Gasteiger partial charge >= 0.3 is 0 Å². The lowest BCUT2D eigenvalue weighted by Gasteiger charge is -2.37. The zero-order valence-electron chi connectivity index (χ0n) is 17.2. The molecule has 1 aliphatic carbocycles. The van der Waals surface area contributed by atoms with E-state index in [1.165, 1.54) is 24.3 Å². The molecular weight excluding hydrogens is 399 g/mol. The molecule has 31 heavy (non-hydrogen) atoms. The lowest BCUT2D eigenvalue weighted by molar-refractivity contribution is -0.143. The van der Waals surface area contributed by atoms with Crippen LogP contribution in [-0.4, -0.2) is 41.3 Å². The van der Waals surface area contributed by atoms with Crippen LogP contribution in [0.5, 0.6) is 5.75 Å². The fraction of sp³-hybridized carbons (Fsp3) is 0.375. The van der Waals surface area contributed by atoms with Crippen molar-refractivity contribution in [3.8, 4) is 5.75 Å². The second-order valence-electron chi connectivity index (χ2n) is 7.96. The highest BCUT2D eigenvalue weighted by molar-refractivity contribution is 6.23. The summed E-state index contributed by atoms with van der Waals surface area (Å²) in [5.74, 6) is -1.02. The second kappa shape index (κ2) is 9.29. The van der Waals surface area contributed by atoms with Gasteiger partial charge in [0.2, 0.25) is 5.91 Å². The van der Waals surface area contributed by atoms with Crippen molar-refractivity contribution in [1.82, 2.24) is 4.90 Å². The minimum absolute atomic E-state index is 0.0796. The van der Waals surface area contributed by atoms with Crippen LogP contribution >= 0.6 is 0 Å². The van der Waals surface area contributed by atoms with Gasteiger partial charge in [0.1, 0.15) is 17.6 Å². The average molecular weight is 424 g/mol. The Kier molecular flexibility index (Phi) is 6.30. The highest BCUT2D eigenvalue weighted by Crippen LogP contribution is 2.31. The molecule has 162 valence electrons. The summed E-state index contributed by atoms with van der Waals surface area (Å²) < 4.78 is 18.9. The molecule has 1 unspecified atom stereocenters. The molecule has 0 bridgehead atoms. The van der Waals surface area contributed by atoms with E-state index in [1.807, 2.05) is 18.2 Å². The van der Waals surface area contributed by atoms with Crippen molar-refractivity contribution in [2.24, 2.45) is 0 Å². The molecule has 1 saturated carbocycles. The minimum atomic E-state index is -0.868. The molecule has 2 aromatic rings.